The van der Waals surface area contributed by atoms with E-state index in [0.717, 1.165) is 11.5 Å². The van der Waals surface area contributed by atoms with Gasteiger partial charge in [0.15, 0.2) is 11.5 Å². The van der Waals surface area contributed by atoms with Gasteiger partial charge in [-0.1, -0.05) is 18.9 Å². The average Bonchev–Trinajstić information content (AvgIpc) is 2.88. The van der Waals surface area contributed by atoms with Crippen LogP contribution in [-0.4, -0.2) is 20.8 Å². The maximum atomic E-state index is 5.99. The molecule has 0 heterocycles. The van der Waals surface area contributed by atoms with Crippen LogP contribution in [0.1, 0.15) is 31.2 Å². The van der Waals surface area contributed by atoms with E-state index in [1.807, 2.05) is 6.07 Å². The summed E-state index contributed by atoms with van der Waals surface area (Å²) in [5.41, 5.74) is 7.43. The summed E-state index contributed by atoms with van der Waals surface area (Å²) in [5.74, 6) is 1.58. The zero-order valence-corrected chi connectivity index (χ0v) is 11.9. The van der Waals surface area contributed by atoms with Gasteiger partial charge in [0.05, 0.1) is 14.2 Å². The van der Waals surface area contributed by atoms with Crippen molar-refractivity contribution in [3.05, 3.63) is 23.8 Å². The molecule has 1 aliphatic carbocycles. The highest BCUT2D eigenvalue weighted by Gasteiger charge is 2.34. The number of hydrogen-bond acceptors (Lipinski definition) is 3. The first-order chi connectivity index (χ1) is 8.25. The van der Waals surface area contributed by atoms with Gasteiger partial charge in [0.2, 0.25) is 0 Å². The molecule has 0 bridgehead atoms. The lowest BCUT2D eigenvalue weighted by atomic mass is 9.79. The number of methoxy groups -OCH3 is 2. The first-order valence-corrected chi connectivity index (χ1v) is 6.18. The summed E-state index contributed by atoms with van der Waals surface area (Å²) in [5, 5.41) is 0. The van der Waals surface area contributed by atoms with Crippen molar-refractivity contribution in [2.45, 2.75) is 31.1 Å². The number of rotatable bonds is 4. The molecule has 4 heteroatoms. The maximum Gasteiger partial charge on any atom is 0.161 e. The summed E-state index contributed by atoms with van der Waals surface area (Å²) in [7, 11) is 3.33. The number of ether oxygens (including phenoxy) is 2. The fourth-order valence-corrected chi connectivity index (χ4v) is 2.83. The third-order valence-corrected chi connectivity index (χ3v) is 3.95. The van der Waals surface area contributed by atoms with Crippen LogP contribution in [-0.2, 0) is 5.41 Å². The van der Waals surface area contributed by atoms with Gasteiger partial charge in [0.1, 0.15) is 0 Å². The third kappa shape index (κ3) is 2.57. The molecule has 1 aromatic carbocycles. The van der Waals surface area contributed by atoms with Crippen molar-refractivity contribution in [3.8, 4) is 11.5 Å². The zero-order valence-electron chi connectivity index (χ0n) is 11.1. The molecule has 0 aromatic heterocycles. The summed E-state index contributed by atoms with van der Waals surface area (Å²) in [6.45, 7) is 0.711. The first kappa shape index (κ1) is 15.1. The Kier molecular flexibility index (Phi) is 5.29. The minimum atomic E-state index is 0. The molecule has 1 aliphatic rings. The lowest BCUT2D eigenvalue weighted by Crippen LogP contribution is -2.31. The van der Waals surface area contributed by atoms with E-state index < -0.39 is 0 Å². The molecule has 0 aliphatic heterocycles. The summed E-state index contributed by atoms with van der Waals surface area (Å²) >= 11 is 0. The quantitative estimate of drug-likeness (QED) is 0.916. The van der Waals surface area contributed by atoms with Gasteiger partial charge in [-0.15, -0.1) is 12.4 Å². The van der Waals surface area contributed by atoms with Crippen molar-refractivity contribution in [3.63, 3.8) is 0 Å². The van der Waals surface area contributed by atoms with E-state index in [9.17, 15) is 0 Å². The van der Waals surface area contributed by atoms with Gasteiger partial charge in [-0.05, 0) is 30.5 Å². The Labute approximate surface area is 115 Å². The topological polar surface area (TPSA) is 44.5 Å². The van der Waals surface area contributed by atoms with Crippen LogP contribution in [0, 0.1) is 0 Å². The zero-order chi connectivity index (χ0) is 12.3. The Balaban J connectivity index is 0.00000162. The van der Waals surface area contributed by atoms with Crippen molar-refractivity contribution < 1.29 is 9.47 Å². The van der Waals surface area contributed by atoms with E-state index in [1.165, 1.54) is 31.2 Å². The van der Waals surface area contributed by atoms with Gasteiger partial charge >= 0.3 is 0 Å². The largest absolute Gasteiger partial charge is 0.493 e. The highest BCUT2D eigenvalue weighted by molar-refractivity contribution is 5.85. The van der Waals surface area contributed by atoms with E-state index in [4.69, 9.17) is 15.2 Å². The molecular formula is C14H22ClNO2. The van der Waals surface area contributed by atoms with Crippen LogP contribution in [0.4, 0.5) is 0 Å². The van der Waals surface area contributed by atoms with Crippen LogP contribution in [0.5, 0.6) is 11.5 Å². The molecule has 0 saturated heterocycles. The van der Waals surface area contributed by atoms with Gasteiger partial charge in [0, 0.05) is 12.0 Å². The number of nitrogens with two attached hydrogens (primary N) is 1. The van der Waals surface area contributed by atoms with Crippen LogP contribution >= 0.6 is 12.4 Å². The summed E-state index contributed by atoms with van der Waals surface area (Å²) in [6, 6.07) is 6.18. The van der Waals surface area contributed by atoms with Gasteiger partial charge in [0.25, 0.3) is 0 Å². The third-order valence-electron chi connectivity index (χ3n) is 3.95. The maximum absolute atomic E-state index is 5.99. The molecule has 18 heavy (non-hydrogen) atoms. The number of benzene rings is 1. The summed E-state index contributed by atoms with van der Waals surface area (Å²) in [4.78, 5) is 0. The molecule has 0 amide bonds. The monoisotopic (exact) mass is 271 g/mol. The second-order valence-electron chi connectivity index (χ2n) is 4.76. The van der Waals surface area contributed by atoms with Crippen molar-refractivity contribution in [2.75, 3.05) is 20.8 Å². The molecule has 2 rings (SSSR count). The van der Waals surface area contributed by atoms with Crippen LogP contribution < -0.4 is 15.2 Å². The normalized spacial score (nSPS) is 17.1. The van der Waals surface area contributed by atoms with Gasteiger partial charge in [-0.25, -0.2) is 0 Å². The lowest BCUT2D eigenvalue weighted by Gasteiger charge is -2.28. The van der Waals surface area contributed by atoms with Gasteiger partial charge in [-0.2, -0.15) is 0 Å². The molecule has 1 aromatic rings. The lowest BCUT2D eigenvalue weighted by molar-refractivity contribution is 0.352. The molecule has 2 N–H and O–H groups in total. The van der Waals surface area contributed by atoms with E-state index in [2.05, 4.69) is 12.1 Å². The van der Waals surface area contributed by atoms with Crippen molar-refractivity contribution >= 4 is 12.4 Å². The van der Waals surface area contributed by atoms with Crippen LogP contribution in [0.15, 0.2) is 18.2 Å². The second kappa shape index (κ2) is 6.30. The molecule has 102 valence electrons. The summed E-state index contributed by atoms with van der Waals surface area (Å²) < 4.78 is 10.6. The average molecular weight is 272 g/mol. The van der Waals surface area contributed by atoms with Crippen LogP contribution in [0.2, 0.25) is 0 Å². The molecule has 0 atom stereocenters. The van der Waals surface area contributed by atoms with E-state index >= 15 is 0 Å². The van der Waals surface area contributed by atoms with Gasteiger partial charge < -0.3 is 15.2 Å². The van der Waals surface area contributed by atoms with Crippen LogP contribution in [0.25, 0.3) is 0 Å². The Morgan fingerprint density at radius 3 is 2.22 bits per heavy atom. The second-order valence-corrected chi connectivity index (χ2v) is 4.76. The predicted octanol–water partition coefficient (Wildman–Crippen LogP) is 2.90. The molecule has 0 radical (unpaired) electrons. The minimum absolute atomic E-state index is 0. The highest BCUT2D eigenvalue weighted by atomic mass is 35.5. The molecule has 3 nitrogen and oxygen atoms in total. The molecule has 0 spiro atoms. The molecule has 1 saturated carbocycles. The number of halogens is 1. The highest BCUT2D eigenvalue weighted by Crippen LogP contribution is 2.42. The standard InChI is InChI=1S/C14H21NO2.ClH/c1-16-12-6-5-11(9-13(12)17-2)14(10-15)7-3-4-8-14;/h5-6,9H,3-4,7-8,10,15H2,1-2H3;1H. The SMILES string of the molecule is COc1ccc(C2(CN)CCCC2)cc1OC.Cl. The Bertz CT molecular complexity index is 389. The fourth-order valence-electron chi connectivity index (χ4n) is 2.83. The molecule has 1 fully saturated rings. The summed E-state index contributed by atoms with van der Waals surface area (Å²) in [6.07, 6.45) is 4.90. The Morgan fingerprint density at radius 2 is 1.72 bits per heavy atom. The Morgan fingerprint density at radius 1 is 1.11 bits per heavy atom. The van der Waals surface area contributed by atoms with Gasteiger partial charge in [-0.3, -0.25) is 0 Å². The predicted molar refractivity (Wildman–Crippen MR) is 76.0 cm³/mol. The van der Waals surface area contributed by atoms with Crippen molar-refractivity contribution in [1.29, 1.82) is 0 Å². The van der Waals surface area contributed by atoms with Crippen LogP contribution in [0.3, 0.4) is 0 Å². The smallest absolute Gasteiger partial charge is 0.161 e. The fraction of sp³-hybridized carbons (Fsp3) is 0.571. The Hall–Kier alpha value is -0.930. The minimum Gasteiger partial charge on any atom is -0.493 e. The molecule has 0 unspecified atom stereocenters. The first-order valence-electron chi connectivity index (χ1n) is 6.18. The van der Waals surface area contributed by atoms with Crippen molar-refractivity contribution in [2.24, 2.45) is 5.73 Å². The number of hydrogen-bond donors (Lipinski definition) is 1. The van der Waals surface area contributed by atoms with E-state index in [0.29, 0.717) is 6.54 Å². The van der Waals surface area contributed by atoms with Crippen molar-refractivity contribution in [1.82, 2.24) is 0 Å². The van der Waals surface area contributed by atoms with E-state index in [1.54, 1.807) is 14.2 Å². The van der Waals surface area contributed by atoms with E-state index in [-0.39, 0.29) is 17.8 Å². The molecular weight excluding hydrogens is 250 g/mol.